The molecule has 3 N–H and O–H groups in total. The third-order valence-corrected chi connectivity index (χ3v) is 2.70. The molecule has 1 heterocycles. The van der Waals surface area contributed by atoms with Crippen LogP contribution in [0.1, 0.15) is 39.3 Å². The Bertz CT molecular complexity index is 334. The zero-order chi connectivity index (χ0) is 12.1. The molecular weight excluding hydrogens is 198 g/mol. The molecule has 0 aliphatic heterocycles. The molecule has 0 spiro atoms. The minimum absolute atomic E-state index is 0.456. The largest absolute Gasteiger partial charge is 0.397 e. The lowest BCUT2D eigenvalue weighted by Crippen LogP contribution is -2.17. The number of nitrogen functional groups attached to an aromatic ring is 1. The van der Waals surface area contributed by atoms with E-state index >= 15 is 0 Å². The molecule has 0 saturated heterocycles. The second-order valence-corrected chi connectivity index (χ2v) is 4.89. The molecule has 0 bridgehead atoms. The average Bonchev–Trinajstić information content (AvgIpc) is 2.21. The summed E-state index contributed by atoms with van der Waals surface area (Å²) in [7, 11) is 0. The summed E-state index contributed by atoms with van der Waals surface area (Å²) >= 11 is 0. The van der Waals surface area contributed by atoms with Crippen molar-refractivity contribution in [2.75, 3.05) is 11.1 Å². The Hall–Kier alpha value is -1.25. The lowest BCUT2D eigenvalue weighted by atomic mass is 10.0. The summed E-state index contributed by atoms with van der Waals surface area (Å²) in [6, 6.07) is 4.30. The van der Waals surface area contributed by atoms with E-state index in [1.54, 1.807) is 0 Å². The average molecular weight is 221 g/mol. The molecule has 3 nitrogen and oxygen atoms in total. The van der Waals surface area contributed by atoms with Gasteiger partial charge in [0, 0.05) is 6.04 Å². The van der Waals surface area contributed by atoms with Crippen molar-refractivity contribution >= 4 is 11.5 Å². The quantitative estimate of drug-likeness (QED) is 0.802. The van der Waals surface area contributed by atoms with Crippen molar-refractivity contribution in [3.8, 4) is 0 Å². The van der Waals surface area contributed by atoms with Crippen LogP contribution in [0.5, 0.6) is 0 Å². The minimum atomic E-state index is 0.456. The Morgan fingerprint density at radius 3 is 2.50 bits per heavy atom. The third kappa shape index (κ3) is 4.09. The maximum atomic E-state index is 5.73. The topological polar surface area (TPSA) is 50.9 Å². The Morgan fingerprint density at radius 1 is 1.25 bits per heavy atom. The van der Waals surface area contributed by atoms with Gasteiger partial charge in [0.15, 0.2) is 0 Å². The van der Waals surface area contributed by atoms with Gasteiger partial charge in [-0.05, 0) is 44.7 Å². The van der Waals surface area contributed by atoms with Gasteiger partial charge in [-0.3, -0.25) is 0 Å². The van der Waals surface area contributed by atoms with Crippen LogP contribution in [0.25, 0.3) is 0 Å². The first-order chi connectivity index (χ1) is 7.49. The summed E-state index contributed by atoms with van der Waals surface area (Å²) in [6.45, 7) is 8.62. The Balaban J connectivity index is 2.49. The van der Waals surface area contributed by atoms with E-state index in [0.717, 1.165) is 23.1 Å². The summed E-state index contributed by atoms with van der Waals surface area (Å²) in [4.78, 5) is 4.40. The van der Waals surface area contributed by atoms with Gasteiger partial charge >= 0.3 is 0 Å². The number of aromatic nitrogens is 1. The number of anilines is 2. The molecule has 0 fully saturated rings. The van der Waals surface area contributed by atoms with Gasteiger partial charge in [-0.2, -0.15) is 0 Å². The van der Waals surface area contributed by atoms with E-state index in [1.165, 1.54) is 12.8 Å². The van der Waals surface area contributed by atoms with Gasteiger partial charge < -0.3 is 11.1 Å². The van der Waals surface area contributed by atoms with E-state index in [1.807, 2.05) is 19.1 Å². The van der Waals surface area contributed by atoms with Crippen LogP contribution in [-0.4, -0.2) is 11.0 Å². The fourth-order valence-corrected chi connectivity index (χ4v) is 1.56. The zero-order valence-electron chi connectivity index (χ0n) is 10.7. The maximum absolute atomic E-state index is 5.73. The highest BCUT2D eigenvalue weighted by Crippen LogP contribution is 2.14. The first-order valence-corrected chi connectivity index (χ1v) is 5.98. The number of hydrogen-bond acceptors (Lipinski definition) is 3. The number of nitrogens with zero attached hydrogens (tertiary/aromatic N) is 1. The van der Waals surface area contributed by atoms with Crippen LogP contribution >= 0.6 is 0 Å². The van der Waals surface area contributed by atoms with Crippen molar-refractivity contribution < 1.29 is 0 Å². The van der Waals surface area contributed by atoms with Crippen molar-refractivity contribution in [3.05, 3.63) is 17.8 Å². The molecule has 1 atom stereocenters. The van der Waals surface area contributed by atoms with Crippen LogP contribution in [0.2, 0.25) is 0 Å². The van der Waals surface area contributed by atoms with Gasteiger partial charge in [0.1, 0.15) is 5.82 Å². The molecule has 90 valence electrons. The number of rotatable bonds is 5. The predicted octanol–water partition coefficient (Wildman–Crippen LogP) is 3.21. The first-order valence-electron chi connectivity index (χ1n) is 5.98. The van der Waals surface area contributed by atoms with Gasteiger partial charge in [0.25, 0.3) is 0 Å². The molecule has 0 saturated carbocycles. The number of hydrogen-bond donors (Lipinski definition) is 2. The highest BCUT2D eigenvalue weighted by molar-refractivity contribution is 5.49. The van der Waals surface area contributed by atoms with E-state index in [-0.39, 0.29) is 0 Å². The van der Waals surface area contributed by atoms with Crippen LogP contribution < -0.4 is 11.1 Å². The second-order valence-electron chi connectivity index (χ2n) is 4.89. The molecule has 3 heteroatoms. The molecule has 1 rings (SSSR count). The number of aryl methyl sites for hydroxylation is 1. The van der Waals surface area contributed by atoms with Crippen molar-refractivity contribution in [3.63, 3.8) is 0 Å². The van der Waals surface area contributed by atoms with Crippen molar-refractivity contribution in [2.24, 2.45) is 5.92 Å². The van der Waals surface area contributed by atoms with Crippen LogP contribution in [0.3, 0.4) is 0 Å². The fraction of sp³-hybridized carbons (Fsp3) is 0.615. The van der Waals surface area contributed by atoms with E-state index in [2.05, 4.69) is 31.1 Å². The zero-order valence-corrected chi connectivity index (χ0v) is 10.7. The highest BCUT2D eigenvalue weighted by atomic mass is 15.0. The van der Waals surface area contributed by atoms with Gasteiger partial charge in [0.05, 0.1) is 11.4 Å². The predicted molar refractivity (Wildman–Crippen MR) is 70.5 cm³/mol. The molecule has 0 aliphatic carbocycles. The summed E-state index contributed by atoms with van der Waals surface area (Å²) in [5, 5.41) is 3.40. The monoisotopic (exact) mass is 221 g/mol. The third-order valence-electron chi connectivity index (χ3n) is 2.70. The lowest BCUT2D eigenvalue weighted by Gasteiger charge is -2.16. The Morgan fingerprint density at radius 2 is 1.94 bits per heavy atom. The second kappa shape index (κ2) is 5.73. The smallest absolute Gasteiger partial charge is 0.126 e. The molecule has 1 unspecified atom stereocenters. The van der Waals surface area contributed by atoms with Crippen LogP contribution in [0.15, 0.2) is 12.1 Å². The minimum Gasteiger partial charge on any atom is -0.397 e. The summed E-state index contributed by atoms with van der Waals surface area (Å²) < 4.78 is 0. The first kappa shape index (κ1) is 12.8. The Labute approximate surface area is 98.5 Å². The van der Waals surface area contributed by atoms with Gasteiger partial charge in [-0.1, -0.05) is 13.8 Å². The molecule has 16 heavy (non-hydrogen) atoms. The summed E-state index contributed by atoms with van der Waals surface area (Å²) in [5.41, 5.74) is 7.37. The van der Waals surface area contributed by atoms with Gasteiger partial charge in [0.2, 0.25) is 0 Å². The standard InChI is InChI=1S/C13H23N3/c1-9(2)5-6-10(3)15-13-8-7-12(14)11(4)16-13/h7-10H,5-6,14H2,1-4H3,(H,15,16). The highest BCUT2D eigenvalue weighted by Gasteiger charge is 2.05. The molecule has 0 amide bonds. The van der Waals surface area contributed by atoms with E-state index in [9.17, 15) is 0 Å². The van der Waals surface area contributed by atoms with Gasteiger partial charge in [-0.25, -0.2) is 4.98 Å². The molecular formula is C13H23N3. The normalized spacial score (nSPS) is 12.8. The van der Waals surface area contributed by atoms with Crippen LogP contribution in [0.4, 0.5) is 11.5 Å². The van der Waals surface area contributed by atoms with Crippen LogP contribution in [0, 0.1) is 12.8 Å². The van der Waals surface area contributed by atoms with E-state index < -0.39 is 0 Å². The van der Waals surface area contributed by atoms with Crippen LogP contribution in [-0.2, 0) is 0 Å². The summed E-state index contributed by atoms with van der Waals surface area (Å²) in [6.07, 6.45) is 2.41. The molecule has 1 aromatic rings. The molecule has 0 aromatic carbocycles. The molecule has 0 aliphatic rings. The summed E-state index contributed by atoms with van der Waals surface area (Å²) in [5.74, 6) is 1.67. The van der Waals surface area contributed by atoms with Crippen molar-refractivity contribution in [1.82, 2.24) is 4.98 Å². The molecule has 1 aromatic heterocycles. The number of pyridine rings is 1. The Kier molecular flexibility index (Phi) is 4.59. The van der Waals surface area contributed by atoms with Gasteiger partial charge in [-0.15, -0.1) is 0 Å². The SMILES string of the molecule is Cc1nc(NC(C)CCC(C)C)ccc1N. The molecule has 0 radical (unpaired) electrons. The number of nitrogens with one attached hydrogen (secondary N) is 1. The van der Waals surface area contributed by atoms with E-state index in [4.69, 9.17) is 5.73 Å². The fourth-order valence-electron chi connectivity index (χ4n) is 1.56. The maximum Gasteiger partial charge on any atom is 0.126 e. The van der Waals surface area contributed by atoms with Crippen molar-refractivity contribution in [1.29, 1.82) is 0 Å². The van der Waals surface area contributed by atoms with E-state index in [0.29, 0.717) is 6.04 Å². The lowest BCUT2D eigenvalue weighted by molar-refractivity contribution is 0.527. The van der Waals surface area contributed by atoms with Crippen molar-refractivity contribution in [2.45, 2.75) is 46.6 Å². The number of nitrogens with two attached hydrogens (primary N) is 1.